The molecule has 2 aromatic carbocycles. The Morgan fingerprint density at radius 1 is 1.13 bits per heavy atom. The van der Waals surface area contributed by atoms with Crippen LogP contribution in [0.2, 0.25) is 0 Å². The number of carbonyl (C=O) groups is 2. The molecule has 1 unspecified atom stereocenters. The van der Waals surface area contributed by atoms with Gasteiger partial charge in [0.25, 0.3) is 5.91 Å². The molecule has 0 bridgehead atoms. The molecule has 2 aliphatic heterocycles. The zero-order valence-corrected chi connectivity index (χ0v) is 18.1. The Balaban J connectivity index is 1.57. The number of thioether (sulfide) groups is 1. The largest absolute Gasteiger partial charge is 0.325 e. The fourth-order valence-electron chi connectivity index (χ4n) is 3.61. The van der Waals surface area contributed by atoms with Gasteiger partial charge in [0.05, 0.1) is 11.4 Å². The third kappa shape index (κ3) is 4.03. The van der Waals surface area contributed by atoms with Crippen LogP contribution < -0.4 is 5.32 Å². The molecule has 2 aliphatic rings. The fourth-order valence-corrected chi connectivity index (χ4v) is 4.45. The minimum Gasteiger partial charge on any atom is -0.325 e. The number of amidine groups is 2. The monoisotopic (exact) mass is 420 g/mol. The van der Waals surface area contributed by atoms with E-state index in [1.807, 2.05) is 60.4 Å². The van der Waals surface area contributed by atoms with E-state index in [1.54, 1.807) is 0 Å². The van der Waals surface area contributed by atoms with Gasteiger partial charge < -0.3 is 5.32 Å². The van der Waals surface area contributed by atoms with Gasteiger partial charge in [-0.2, -0.15) is 4.99 Å². The van der Waals surface area contributed by atoms with E-state index < -0.39 is 0 Å². The number of carbonyl (C=O) groups excluding carboxylic acids is 2. The zero-order valence-electron chi connectivity index (χ0n) is 17.3. The van der Waals surface area contributed by atoms with E-state index in [0.717, 1.165) is 22.5 Å². The van der Waals surface area contributed by atoms with Crippen molar-refractivity contribution in [3.63, 3.8) is 0 Å². The Morgan fingerprint density at radius 2 is 1.87 bits per heavy atom. The normalized spacial score (nSPS) is 17.4. The van der Waals surface area contributed by atoms with Crippen LogP contribution in [0.25, 0.3) is 0 Å². The van der Waals surface area contributed by atoms with Crippen LogP contribution in [-0.4, -0.2) is 39.5 Å². The van der Waals surface area contributed by atoms with Gasteiger partial charge in [0.15, 0.2) is 5.17 Å². The lowest BCUT2D eigenvalue weighted by Gasteiger charge is -2.31. The van der Waals surface area contributed by atoms with Crippen LogP contribution in [0, 0.1) is 12.8 Å². The average molecular weight is 421 g/mol. The van der Waals surface area contributed by atoms with Crippen LogP contribution in [-0.2, 0) is 9.59 Å². The van der Waals surface area contributed by atoms with Crippen LogP contribution in [0.15, 0.2) is 58.5 Å². The number of amides is 2. The maximum atomic E-state index is 12.7. The number of hydrogen-bond acceptors (Lipinski definition) is 5. The van der Waals surface area contributed by atoms with Gasteiger partial charge in [0.1, 0.15) is 11.9 Å². The van der Waals surface area contributed by atoms with Crippen molar-refractivity contribution in [1.82, 2.24) is 4.90 Å². The molecule has 0 spiro atoms. The van der Waals surface area contributed by atoms with E-state index >= 15 is 0 Å². The summed E-state index contributed by atoms with van der Waals surface area (Å²) in [6.07, 6.45) is 0.684. The topological polar surface area (TPSA) is 74.1 Å². The number of fused-ring (bicyclic) bond motifs is 3. The van der Waals surface area contributed by atoms with E-state index in [1.165, 1.54) is 11.8 Å². The molecule has 0 fully saturated rings. The molecule has 4 rings (SSSR count). The molecular formula is C23H24N4O2S. The lowest BCUT2D eigenvalue weighted by molar-refractivity contribution is -0.120. The Bertz CT molecular complexity index is 1060. The minimum atomic E-state index is -0.376. The summed E-state index contributed by atoms with van der Waals surface area (Å²) < 4.78 is 0. The lowest BCUT2D eigenvalue weighted by atomic mass is 10.0. The molecule has 0 saturated carbocycles. The third-order valence-corrected chi connectivity index (χ3v) is 6.01. The molecule has 1 atom stereocenters. The van der Waals surface area contributed by atoms with Crippen molar-refractivity contribution in [2.75, 3.05) is 11.1 Å². The highest BCUT2D eigenvalue weighted by atomic mass is 32.2. The number of nitrogens with one attached hydrogen (secondary N) is 1. The number of rotatable bonds is 5. The standard InChI is InChI=1S/C23H24N4O2S/c1-14(2)12-19-22(29)26-21-16-9-5-7-11-18(16)25-23(27(19)21)30-13-20(28)24-17-10-6-4-8-15(17)3/h4-11,14,19H,12-13H2,1-3H3,(H,24,28). The smallest absolute Gasteiger partial charge is 0.270 e. The zero-order chi connectivity index (χ0) is 21.3. The summed E-state index contributed by atoms with van der Waals surface area (Å²) in [6.45, 7) is 6.13. The van der Waals surface area contributed by atoms with E-state index in [0.29, 0.717) is 23.3 Å². The first-order valence-corrected chi connectivity index (χ1v) is 11.0. The number of anilines is 1. The summed E-state index contributed by atoms with van der Waals surface area (Å²) in [7, 11) is 0. The molecular weight excluding hydrogens is 396 g/mol. The minimum absolute atomic E-state index is 0.111. The second-order valence-electron chi connectivity index (χ2n) is 7.85. The highest BCUT2D eigenvalue weighted by Gasteiger charge is 2.41. The number of hydrogen-bond donors (Lipinski definition) is 1. The lowest BCUT2D eigenvalue weighted by Crippen LogP contribution is -2.44. The van der Waals surface area contributed by atoms with Crippen molar-refractivity contribution in [3.8, 4) is 0 Å². The quantitative estimate of drug-likeness (QED) is 0.779. The van der Waals surface area contributed by atoms with Crippen molar-refractivity contribution < 1.29 is 9.59 Å². The van der Waals surface area contributed by atoms with E-state index in [9.17, 15) is 9.59 Å². The first kappa shape index (κ1) is 20.3. The van der Waals surface area contributed by atoms with Gasteiger partial charge in [0, 0.05) is 11.3 Å². The van der Waals surface area contributed by atoms with Crippen molar-refractivity contribution in [2.24, 2.45) is 15.9 Å². The van der Waals surface area contributed by atoms with Crippen molar-refractivity contribution in [2.45, 2.75) is 33.2 Å². The van der Waals surface area contributed by atoms with Gasteiger partial charge in [-0.25, -0.2) is 4.99 Å². The summed E-state index contributed by atoms with van der Waals surface area (Å²) in [6, 6.07) is 15.0. The SMILES string of the molecule is Cc1ccccc1NC(=O)CSC1=Nc2ccccc2C2=NC(=O)C(CC(C)C)N12. The fraction of sp³-hybridized carbons (Fsp3) is 0.304. The molecule has 0 aliphatic carbocycles. The molecule has 30 heavy (non-hydrogen) atoms. The number of para-hydroxylation sites is 2. The molecule has 6 nitrogen and oxygen atoms in total. The summed E-state index contributed by atoms with van der Waals surface area (Å²) >= 11 is 1.33. The van der Waals surface area contributed by atoms with E-state index in [-0.39, 0.29) is 23.6 Å². The van der Waals surface area contributed by atoms with Crippen LogP contribution in [0.4, 0.5) is 11.4 Å². The van der Waals surface area contributed by atoms with E-state index in [2.05, 4.69) is 24.2 Å². The van der Waals surface area contributed by atoms with Gasteiger partial charge in [-0.05, 0) is 43.0 Å². The molecule has 2 aromatic rings. The number of aryl methyl sites for hydroxylation is 1. The summed E-state index contributed by atoms with van der Waals surface area (Å²) in [5.41, 5.74) is 3.43. The Labute approximate surface area is 180 Å². The van der Waals surface area contributed by atoms with Crippen molar-refractivity contribution >= 4 is 46.0 Å². The predicted octanol–water partition coefficient (Wildman–Crippen LogP) is 4.37. The highest BCUT2D eigenvalue weighted by molar-refractivity contribution is 8.14. The maximum absolute atomic E-state index is 12.7. The first-order chi connectivity index (χ1) is 14.4. The van der Waals surface area contributed by atoms with Crippen molar-refractivity contribution in [1.29, 1.82) is 0 Å². The number of nitrogens with zero attached hydrogens (tertiary/aromatic N) is 3. The van der Waals surface area contributed by atoms with Gasteiger partial charge >= 0.3 is 0 Å². The van der Waals surface area contributed by atoms with Crippen molar-refractivity contribution in [3.05, 3.63) is 59.7 Å². The molecule has 1 N–H and O–H groups in total. The summed E-state index contributed by atoms with van der Waals surface area (Å²) in [4.78, 5) is 36.3. The average Bonchev–Trinajstić information content (AvgIpc) is 3.04. The van der Waals surface area contributed by atoms with Gasteiger partial charge in [-0.1, -0.05) is 55.9 Å². The van der Waals surface area contributed by atoms with Crippen LogP contribution in [0.5, 0.6) is 0 Å². The Kier molecular flexibility index (Phi) is 5.72. The second-order valence-corrected chi connectivity index (χ2v) is 8.79. The molecule has 0 saturated heterocycles. The molecule has 2 amide bonds. The molecule has 0 radical (unpaired) electrons. The Hall–Kier alpha value is -2.93. The molecule has 154 valence electrons. The molecule has 7 heteroatoms. The van der Waals surface area contributed by atoms with Gasteiger partial charge in [-0.15, -0.1) is 0 Å². The molecule has 2 heterocycles. The molecule has 0 aromatic heterocycles. The Morgan fingerprint density at radius 3 is 2.63 bits per heavy atom. The van der Waals surface area contributed by atoms with Gasteiger partial charge in [0.2, 0.25) is 5.91 Å². The van der Waals surface area contributed by atoms with E-state index in [4.69, 9.17) is 4.99 Å². The summed E-state index contributed by atoms with van der Waals surface area (Å²) in [5.74, 6) is 0.912. The number of benzene rings is 2. The van der Waals surface area contributed by atoms with Gasteiger partial charge in [-0.3, -0.25) is 14.5 Å². The predicted molar refractivity (Wildman–Crippen MR) is 122 cm³/mol. The third-order valence-electron chi connectivity index (χ3n) is 5.05. The van der Waals surface area contributed by atoms with Crippen LogP contribution in [0.3, 0.4) is 0 Å². The second kappa shape index (κ2) is 8.44. The highest BCUT2D eigenvalue weighted by Crippen LogP contribution is 2.35. The first-order valence-electron chi connectivity index (χ1n) is 10.0. The number of aliphatic imine (C=N–C) groups is 2. The maximum Gasteiger partial charge on any atom is 0.270 e. The van der Waals surface area contributed by atoms with Crippen LogP contribution >= 0.6 is 11.8 Å². The van der Waals surface area contributed by atoms with Crippen LogP contribution in [0.1, 0.15) is 31.4 Å². The summed E-state index contributed by atoms with van der Waals surface area (Å²) in [5, 5.41) is 3.59.